The van der Waals surface area contributed by atoms with Crippen molar-refractivity contribution in [1.82, 2.24) is 0 Å². The third-order valence-electron chi connectivity index (χ3n) is 2.20. The number of hydrogen-bond acceptors (Lipinski definition) is 2. The summed E-state index contributed by atoms with van der Waals surface area (Å²) in [5.74, 6) is -1.31. The molecule has 0 aromatic heterocycles. The summed E-state index contributed by atoms with van der Waals surface area (Å²) in [6, 6.07) is 5.81. The molecule has 1 unspecified atom stereocenters. The molecule has 0 heterocycles. The molecule has 0 bridgehead atoms. The molecule has 0 aliphatic carbocycles. The maximum Gasteiger partial charge on any atom is 0.339 e. The molecule has 0 aliphatic heterocycles. The molecule has 0 fully saturated rings. The topological polar surface area (TPSA) is 77.4 Å². The minimum Gasteiger partial charge on any atom is -0.507 e. The fraction of sp³-hybridized carbons (Fsp3) is 0.462. The second kappa shape index (κ2) is 8.58. The predicted octanol–water partition coefficient (Wildman–Crippen LogP) is 3.09. The number of para-hydroxylation sites is 1. The molecule has 0 saturated heterocycles. The van der Waals surface area contributed by atoms with Gasteiger partial charge in [0, 0.05) is 0 Å². The fourth-order valence-electron chi connectivity index (χ4n) is 1.18. The summed E-state index contributed by atoms with van der Waals surface area (Å²) in [6.07, 6.45) is 2.36. The molecule has 95 valence electrons. The van der Waals surface area contributed by atoms with Gasteiger partial charge in [-0.1, -0.05) is 32.4 Å². The predicted molar refractivity (Wildman–Crippen MR) is 64.7 cm³/mol. The van der Waals surface area contributed by atoms with Gasteiger partial charge in [-0.15, -0.1) is 0 Å². The third-order valence-corrected chi connectivity index (χ3v) is 2.20. The van der Waals surface area contributed by atoms with Crippen molar-refractivity contribution in [2.24, 2.45) is 0 Å². The Bertz CT molecular complexity index is 336. The first kappa shape index (κ1) is 15.4. The monoisotopic (exact) mass is 239 g/mol. The van der Waals surface area contributed by atoms with Gasteiger partial charge in [0.1, 0.15) is 11.3 Å². The normalized spacial score (nSPS) is 11.2. The van der Waals surface area contributed by atoms with Crippen molar-refractivity contribution in [2.75, 3.05) is 0 Å². The molecular formula is C13H19O4. The zero-order chi connectivity index (χ0) is 13.3. The zero-order valence-corrected chi connectivity index (χ0v) is 10.2. The largest absolute Gasteiger partial charge is 0.507 e. The summed E-state index contributed by atoms with van der Waals surface area (Å²) >= 11 is 0. The highest BCUT2D eigenvalue weighted by molar-refractivity contribution is 5.90. The minimum atomic E-state index is -1.11. The Hall–Kier alpha value is -1.55. The first-order chi connectivity index (χ1) is 8.02. The number of carboxylic acids is 1. The number of carboxylic acid groups (broad SMARTS) is 1. The van der Waals surface area contributed by atoms with Crippen molar-refractivity contribution in [3.8, 4) is 5.75 Å². The zero-order valence-electron chi connectivity index (χ0n) is 10.2. The molecule has 0 saturated carbocycles. The summed E-state index contributed by atoms with van der Waals surface area (Å²) in [7, 11) is 0. The van der Waals surface area contributed by atoms with Crippen LogP contribution in [0.2, 0.25) is 0 Å². The van der Waals surface area contributed by atoms with Crippen LogP contribution in [-0.4, -0.2) is 22.3 Å². The van der Waals surface area contributed by atoms with Gasteiger partial charge in [-0.05, 0) is 25.0 Å². The summed E-state index contributed by atoms with van der Waals surface area (Å²) in [5.41, 5.74) is -0.0671. The Balaban J connectivity index is 0.000000325. The van der Waals surface area contributed by atoms with Crippen LogP contribution in [-0.2, 0) is 5.11 Å². The fourth-order valence-corrected chi connectivity index (χ4v) is 1.18. The van der Waals surface area contributed by atoms with Gasteiger partial charge in [0.05, 0.1) is 6.10 Å². The molecule has 1 aromatic rings. The molecule has 0 aliphatic rings. The molecular weight excluding hydrogens is 220 g/mol. The number of aromatic carboxylic acids is 1. The molecule has 17 heavy (non-hydrogen) atoms. The lowest BCUT2D eigenvalue weighted by molar-refractivity contribution is 0.0693. The molecule has 2 N–H and O–H groups in total. The van der Waals surface area contributed by atoms with Crippen LogP contribution < -0.4 is 0 Å². The number of carbonyl (C=O) groups is 1. The number of rotatable bonds is 4. The Labute approximate surface area is 102 Å². The van der Waals surface area contributed by atoms with Crippen LogP contribution in [0.15, 0.2) is 24.3 Å². The van der Waals surface area contributed by atoms with Gasteiger partial charge in [0.25, 0.3) is 0 Å². The summed E-state index contributed by atoms with van der Waals surface area (Å²) in [4.78, 5) is 10.3. The van der Waals surface area contributed by atoms with E-state index < -0.39 is 5.97 Å². The molecule has 1 radical (unpaired) electrons. The second-order valence-corrected chi connectivity index (χ2v) is 3.64. The van der Waals surface area contributed by atoms with E-state index in [0.29, 0.717) is 0 Å². The third kappa shape index (κ3) is 6.58. The molecule has 1 aromatic carbocycles. The van der Waals surface area contributed by atoms with Crippen LogP contribution in [0.4, 0.5) is 0 Å². The van der Waals surface area contributed by atoms with Crippen LogP contribution in [0.1, 0.15) is 43.5 Å². The molecule has 0 amide bonds. The summed E-state index contributed by atoms with van der Waals surface area (Å²) < 4.78 is 0. The number of hydrogen-bond donors (Lipinski definition) is 2. The minimum absolute atomic E-state index is 0.0671. The van der Waals surface area contributed by atoms with Crippen molar-refractivity contribution in [1.29, 1.82) is 0 Å². The van der Waals surface area contributed by atoms with E-state index in [0.717, 1.165) is 19.3 Å². The van der Waals surface area contributed by atoms with E-state index in [-0.39, 0.29) is 17.4 Å². The van der Waals surface area contributed by atoms with Gasteiger partial charge in [0.2, 0.25) is 0 Å². The standard InChI is InChI=1S/C7H6O3.C6H13O/c8-6-4-2-1-3-5(6)7(9)10;1-3-5-6(7)4-2/h1-4,8H,(H,9,10);6H,3-5H2,1-2H3. The van der Waals surface area contributed by atoms with Crippen molar-refractivity contribution >= 4 is 5.97 Å². The van der Waals surface area contributed by atoms with E-state index >= 15 is 0 Å². The number of benzene rings is 1. The Morgan fingerprint density at radius 2 is 1.88 bits per heavy atom. The van der Waals surface area contributed by atoms with E-state index in [1.165, 1.54) is 12.1 Å². The van der Waals surface area contributed by atoms with Gasteiger partial charge in [-0.2, -0.15) is 0 Å². The highest BCUT2D eigenvalue weighted by Crippen LogP contribution is 2.14. The molecule has 1 atom stereocenters. The van der Waals surface area contributed by atoms with Gasteiger partial charge < -0.3 is 10.2 Å². The summed E-state index contributed by atoms with van der Waals surface area (Å²) in [6.45, 7) is 3.98. The van der Waals surface area contributed by atoms with E-state index in [1.807, 2.05) is 13.8 Å². The first-order valence-corrected chi connectivity index (χ1v) is 5.70. The summed E-state index contributed by atoms with van der Waals surface area (Å²) in [5, 5.41) is 27.8. The van der Waals surface area contributed by atoms with Gasteiger partial charge in [-0.3, -0.25) is 0 Å². The maximum atomic E-state index is 10.5. The average Bonchev–Trinajstić information content (AvgIpc) is 2.30. The smallest absolute Gasteiger partial charge is 0.339 e. The lowest BCUT2D eigenvalue weighted by Crippen LogP contribution is -1.99. The van der Waals surface area contributed by atoms with Gasteiger partial charge >= 0.3 is 5.97 Å². The van der Waals surface area contributed by atoms with Gasteiger partial charge in [0.15, 0.2) is 0 Å². The van der Waals surface area contributed by atoms with E-state index in [9.17, 15) is 9.90 Å². The number of aromatic hydroxyl groups is 1. The Kier molecular flexibility index (Phi) is 7.80. The lowest BCUT2D eigenvalue weighted by Gasteiger charge is -1.98. The van der Waals surface area contributed by atoms with E-state index in [2.05, 4.69) is 0 Å². The quantitative estimate of drug-likeness (QED) is 0.847. The van der Waals surface area contributed by atoms with Crippen LogP contribution in [0.3, 0.4) is 0 Å². The molecule has 4 heteroatoms. The molecule has 4 nitrogen and oxygen atoms in total. The number of phenols is 1. The van der Waals surface area contributed by atoms with Crippen molar-refractivity contribution in [3.05, 3.63) is 29.8 Å². The Morgan fingerprint density at radius 3 is 2.18 bits per heavy atom. The maximum absolute atomic E-state index is 10.5. The molecule has 0 spiro atoms. The highest BCUT2D eigenvalue weighted by atomic mass is 16.4. The van der Waals surface area contributed by atoms with Crippen LogP contribution in [0, 0.1) is 0 Å². The van der Waals surface area contributed by atoms with E-state index in [1.54, 1.807) is 12.1 Å². The SMILES string of the molecule is CCCC([O])CC.O=C(O)c1ccccc1O. The first-order valence-electron chi connectivity index (χ1n) is 5.70. The lowest BCUT2D eigenvalue weighted by atomic mass is 10.2. The van der Waals surface area contributed by atoms with Crippen LogP contribution in [0.5, 0.6) is 5.75 Å². The average molecular weight is 239 g/mol. The Morgan fingerprint density at radius 1 is 1.29 bits per heavy atom. The second-order valence-electron chi connectivity index (χ2n) is 3.64. The van der Waals surface area contributed by atoms with E-state index in [4.69, 9.17) is 10.2 Å². The van der Waals surface area contributed by atoms with Gasteiger partial charge in [-0.25, -0.2) is 9.90 Å². The van der Waals surface area contributed by atoms with Crippen molar-refractivity contribution < 1.29 is 20.1 Å². The highest BCUT2D eigenvalue weighted by Gasteiger charge is 2.05. The van der Waals surface area contributed by atoms with Crippen molar-refractivity contribution in [2.45, 2.75) is 39.2 Å². The van der Waals surface area contributed by atoms with Crippen LogP contribution in [0.25, 0.3) is 0 Å². The molecule has 1 rings (SSSR count). The van der Waals surface area contributed by atoms with Crippen molar-refractivity contribution in [3.63, 3.8) is 0 Å². The van der Waals surface area contributed by atoms with Crippen LogP contribution >= 0.6 is 0 Å².